The second kappa shape index (κ2) is 3.06. The maximum absolute atomic E-state index is 9.30. The van der Waals surface area contributed by atoms with Gasteiger partial charge in [0.25, 0.3) is 0 Å². The van der Waals surface area contributed by atoms with E-state index in [9.17, 15) is 10.2 Å². The van der Waals surface area contributed by atoms with Crippen molar-refractivity contribution in [3.63, 3.8) is 0 Å². The standard InChI is InChI=1S/C10H10N2O2/c11-10-5-7-4-9(14)8(13)3-6(7)1-2-12-10/h1-4,13-14H,5H2,(H2,11,12). The number of amidine groups is 1. The molecule has 2 rings (SSSR count). The Morgan fingerprint density at radius 1 is 1.21 bits per heavy atom. The van der Waals surface area contributed by atoms with E-state index in [1.54, 1.807) is 12.3 Å². The smallest absolute Gasteiger partial charge is 0.158 e. The fourth-order valence-corrected chi connectivity index (χ4v) is 1.40. The summed E-state index contributed by atoms with van der Waals surface area (Å²) in [6.45, 7) is 0. The van der Waals surface area contributed by atoms with Crippen LogP contribution in [0, 0.1) is 0 Å². The van der Waals surface area contributed by atoms with E-state index in [-0.39, 0.29) is 11.5 Å². The number of fused-ring (bicyclic) bond motifs is 1. The van der Waals surface area contributed by atoms with Crippen LogP contribution in [0.4, 0.5) is 0 Å². The average molecular weight is 190 g/mol. The molecule has 0 aromatic heterocycles. The van der Waals surface area contributed by atoms with Crippen molar-refractivity contribution in [2.24, 2.45) is 10.7 Å². The summed E-state index contributed by atoms with van der Waals surface area (Å²) >= 11 is 0. The molecule has 0 atom stereocenters. The van der Waals surface area contributed by atoms with Gasteiger partial charge < -0.3 is 15.9 Å². The first-order valence-electron chi connectivity index (χ1n) is 4.20. The first-order valence-corrected chi connectivity index (χ1v) is 4.20. The normalized spacial score (nSPS) is 14.4. The van der Waals surface area contributed by atoms with E-state index in [2.05, 4.69) is 4.99 Å². The van der Waals surface area contributed by atoms with Gasteiger partial charge in [-0.3, -0.25) is 0 Å². The van der Waals surface area contributed by atoms with E-state index < -0.39 is 0 Å². The Bertz CT molecular complexity index is 436. The van der Waals surface area contributed by atoms with Gasteiger partial charge in [0.1, 0.15) is 5.84 Å². The zero-order valence-corrected chi connectivity index (χ0v) is 7.44. The molecule has 0 amide bonds. The number of rotatable bonds is 0. The number of benzene rings is 1. The molecule has 0 saturated carbocycles. The largest absolute Gasteiger partial charge is 0.504 e. The summed E-state index contributed by atoms with van der Waals surface area (Å²) in [5, 5.41) is 18.6. The number of aromatic hydroxyl groups is 2. The third kappa shape index (κ3) is 1.42. The molecule has 72 valence electrons. The van der Waals surface area contributed by atoms with Crippen LogP contribution < -0.4 is 5.73 Å². The fraction of sp³-hybridized carbons (Fsp3) is 0.100. The minimum Gasteiger partial charge on any atom is -0.504 e. The molecular weight excluding hydrogens is 180 g/mol. The molecule has 1 aliphatic heterocycles. The molecule has 0 spiro atoms. The predicted molar refractivity (Wildman–Crippen MR) is 54.1 cm³/mol. The highest BCUT2D eigenvalue weighted by Gasteiger charge is 2.09. The van der Waals surface area contributed by atoms with Crippen molar-refractivity contribution in [2.45, 2.75) is 6.42 Å². The second-order valence-electron chi connectivity index (χ2n) is 3.15. The number of phenols is 2. The second-order valence-corrected chi connectivity index (χ2v) is 3.15. The Morgan fingerprint density at radius 3 is 2.71 bits per heavy atom. The predicted octanol–water partition coefficient (Wildman–Crippen LogP) is 0.982. The van der Waals surface area contributed by atoms with E-state index >= 15 is 0 Å². The SMILES string of the molecule is NC1=NC=Cc2cc(O)c(O)cc2C1. The minimum atomic E-state index is -0.133. The first kappa shape index (κ1) is 8.62. The maximum atomic E-state index is 9.30. The van der Waals surface area contributed by atoms with Gasteiger partial charge in [-0.25, -0.2) is 4.99 Å². The zero-order chi connectivity index (χ0) is 10.1. The first-order chi connectivity index (χ1) is 6.66. The van der Waals surface area contributed by atoms with E-state index in [0.717, 1.165) is 11.1 Å². The highest BCUT2D eigenvalue weighted by molar-refractivity contribution is 5.86. The van der Waals surface area contributed by atoms with Gasteiger partial charge in [-0.05, 0) is 29.3 Å². The van der Waals surface area contributed by atoms with Crippen molar-refractivity contribution in [3.8, 4) is 11.5 Å². The van der Waals surface area contributed by atoms with Crippen LogP contribution in [-0.2, 0) is 6.42 Å². The highest BCUT2D eigenvalue weighted by atomic mass is 16.3. The topological polar surface area (TPSA) is 78.8 Å². The average Bonchev–Trinajstić information content (AvgIpc) is 2.28. The fourth-order valence-electron chi connectivity index (χ4n) is 1.40. The molecule has 1 aromatic rings. The molecule has 1 heterocycles. The summed E-state index contributed by atoms with van der Waals surface area (Å²) in [5.74, 6) is 0.228. The molecule has 1 aliphatic rings. The van der Waals surface area contributed by atoms with Gasteiger partial charge >= 0.3 is 0 Å². The third-order valence-corrected chi connectivity index (χ3v) is 2.10. The summed E-state index contributed by atoms with van der Waals surface area (Å²) in [6, 6.07) is 3.00. The number of phenolic OH excluding ortho intramolecular Hbond substituents is 2. The lowest BCUT2D eigenvalue weighted by atomic mass is 10.0. The van der Waals surface area contributed by atoms with Gasteiger partial charge in [-0.15, -0.1) is 0 Å². The molecule has 0 fully saturated rings. The number of nitrogens with two attached hydrogens (primary N) is 1. The van der Waals surface area contributed by atoms with Crippen LogP contribution in [0.3, 0.4) is 0 Å². The summed E-state index contributed by atoms with van der Waals surface area (Å²) in [5.41, 5.74) is 7.27. The van der Waals surface area contributed by atoms with E-state index in [4.69, 9.17) is 5.73 Å². The molecule has 0 saturated heterocycles. The molecule has 4 heteroatoms. The Balaban J connectivity index is 2.55. The van der Waals surface area contributed by atoms with Crippen molar-refractivity contribution in [1.82, 2.24) is 0 Å². The van der Waals surface area contributed by atoms with Gasteiger partial charge in [0, 0.05) is 12.6 Å². The van der Waals surface area contributed by atoms with Crippen LogP contribution in [-0.4, -0.2) is 16.0 Å². The van der Waals surface area contributed by atoms with Crippen molar-refractivity contribution in [1.29, 1.82) is 0 Å². The number of aliphatic imine (C=N–C) groups is 1. The van der Waals surface area contributed by atoms with E-state index in [1.165, 1.54) is 12.1 Å². The van der Waals surface area contributed by atoms with Crippen LogP contribution in [0.15, 0.2) is 23.3 Å². The molecule has 0 unspecified atom stereocenters. The van der Waals surface area contributed by atoms with Crippen molar-refractivity contribution < 1.29 is 10.2 Å². The summed E-state index contributed by atoms with van der Waals surface area (Å²) in [4.78, 5) is 3.95. The summed E-state index contributed by atoms with van der Waals surface area (Å²) in [7, 11) is 0. The van der Waals surface area contributed by atoms with Crippen LogP contribution in [0.2, 0.25) is 0 Å². The van der Waals surface area contributed by atoms with Gasteiger partial charge in [0.2, 0.25) is 0 Å². The van der Waals surface area contributed by atoms with E-state index in [0.29, 0.717) is 12.3 Å². The molecule has 0 bridgehead atoms. The monoisotopic (exact) mass is 190 g/mol. The number of nitrogens with zero attached hydrogens (tertiary/aromatic N) is 1. The Labute approximate surface area is 81.0 Å². The van der Waals surface area contributed by atoms with Crippen molar-refractivity contribution in [2.75, 3.05) is 0 Å². The van der Waals surface area contributed by atoms with Gasteiger partial charge in [0.15, 0.2) is 11.5 Å². The van der Waals surface area contributed by atoms with Gasteiger partial charge in [0.05, 0.1) is 0 Å². The van der Waals surface area contributed by atoms with Gasteiger partial charge in [-0.2, -0.15) is 0 Å². The summed E-state index contributed by atoms with van der Waals surface area (Å²) in [6.07, 6.45) is 3.81. The Morgan fingerprint density at radius 2 is 1.93 bits per heavy atom. The van der Waals surface area contributed by atoms with Crippen LogP contribution in [0.5, 0.6) is 11.5 Å². The lowest BCUT2D eigenvalue weighted by Crippen LogP contribution is -2.14. The molecule has 4 N–H and O–H groups in total. The number of hydrogen-bond acceptors (Lipinski definition) is 4. The summed E-state index contributed by atoms with van der Waals surface area (Å²) < 4.78 is 0. The zero-order valence-electron chi connectivity index (χ0n) is 7.44. The van der Waals surface area contributed by atoms with Crippen molar-refractivity contribution in [3.05, 3.63) is 29.5 Å². The lowest BCUT2D eigenvalue weighted by Gasteiger charge is -2.06. The molecule has 4 nitrogen and oxygen atoms in total. The molecule has 0 radical (unpaired) electrons. The quantitative estimate of drug-likeness (QED) is 0.533. The minimum absolute atomic E-state index is 0.131. The van der Waals surface area contributed by atoms with Crippen LogP contribution in [0.25, 0.3) is 6.08 Å². The molecular formula is C10H10N2O2. The molecule has 1 aromatic carbocycles. The Hall–Kier alpha value is -1.97. The van der Waals surface area contributed by atoms with Gasteiger partial charge in [-0.1, -0.05) is 0 Å². The van der Waals surface area contributed by atoms with Crippen molar-refractivity contribution >= 4 is 11.9 Å². The van der Waals surface area contributed by atoms with E-state index in [1.807, 2.05) is 0 Å². The maximum Gasteiger partial charge on any atom is 0.158 e. The number of hydrogen-bond donors (Lipinski definition) is 3. The highest BCUT2D eigenvalue weighted by Crippen LogP contribution is 2.30. The lowest BCUT2D eigenvalue weighted by molar-refractivity contribution is 0.403. The van der Waals surface area contributed by atoms with Crippen LogP contribution in [0.1, 0.15) is 11.1 Å². The van der Waals surface area contributed by atoms with Crippen LogP contribution >= 0.6 is 0 Å². The molecule has 0 aliphatic carbocycles. The molecule has 14 heavy (non-hydrogen) atoms. The Kier molecular flexibility index (Phi) is 1.89. The third-order valence-electron chi connectivity index (χ3n) is 2.10.